The van der Waals surface area contributed by atoms with Gasteiger partial charge in [0.15, 0.2) is 5.78 Å². The van der Waals surface area contributed by atoms with Crippen molar-refractivity contribution in [3.05, 3.63) is 71.3 Å². The van der Waals surface area contributed by atoms with Gasteiger partial charge < -0.3 is 4.74 Å². The van der Waals surface area contributed by atoms with Crippen molar-refractivity contribution in [2.45, 2.75) is 62.6 Å². The monoisotopic (exact) mass is 406 g/mol. The predicted molar refractivity (Wildman–Crippen MR) is 120 cm³/mol. The minimum atomic E-state index is -0.236. The van der Waals surface area contributed by atoms with Crippen LogP contribution in [0.2, 0.25) is 0 Å². The molecule has 3 heteroatoms. The molecule has 5 rings (SSSR count). The van der Waals surface area contributed by atoms with Crippen LogP contribution in [-0.2, 0) is 14.9 Å². The van der Waals surface area contributed by atoms with Crippen LogP contribution in [0.4, 0.5) is 0 Å². The zero-order valence-corrected chi connectivity index (χ0v) is 18.0. The second-order valence-electron chi connectivity index (χ2n) is 9.18. The van der Waals surface area contributed by atoms with Crippen molar-refractivity contribution >= 4 is 17.5 Å². The number of hydrogen-bond acceptors (Lipinski definition) is 3. The van der Waals surface area contributed by atoms with Crippen LogP contribution in [0.1, 0.15) is 54.7 Å². The molecule has 29 heavy (non-hydrogen) atoms. The lowest BCUT2D eigenvalue weighted by atomic mass is 9.74. The molecule has 1 saturated heterocycles. The number of thioether (sulfide) groups is 1. The summed E-state index contributed by atoms with van der Waals surface area (Å²) in [5.74, 6) is 3.13. The van der Waals surface area contributed by atoms with Crippen LogP contribution in [0.5, 0.6) is 0 Å². The maximum Gasteiger partial charge on any atom is 0.162 e. The number of Topliss-reactive ketones (excluding diaryl/α,β-unsaturated/α-hetero) is 1. The van der Waals surface area contributed by atoms with Gasteiger partial charge in [-0.2, -0.15) is 11.8 Å². The molecule has 2 aliphatic carbocycles. The summed E-state index contributed by atoms with van der Waals surface area (Å²) in [4.78, 5) is 13.2. The molecular formula is C26H30O2S. The van der Waals surface area contributed by atoms with Crippen LogP contribution in [0.25, 0.3) is 0 Å². The molecule has 0 aromatic heterocycles. The quantitative estimate of drug-likeness (QED) is 0.653. The number of fused-ring (bicyclic) bond motifs is 1. The molecule has 3 aliphatic rings. The van der Waals surface area contributed by atoms with Crippen LogP contribution in [0.15, 0.2) is 54.6 Å². The van der Waals surface area contributed by atoms with Crippen molar-refractivity contribution < 1.29 is 9.53 Å². The largest absolute Gasteiger partial charge is 0.366 e. The molecule has 2 saturated carbocycles. The van der Waals surface area contributed by atoms with Gasteiger partial charge in [0, 0.05) is 29.4 Å². The minimum Gasteiger partial charge on any atom is -0.366 e. The summed E-state index contributed by atoms with van der Waals surface area (Å²) < 4.78 is 6.75. The molecule has 0 bridgehead atoms. The number of hydrogen-bond donors (Lipinski definition) is 0. The maximum atomic E-state index is 13.2. The van der Waals surface area contributed by atoms with Gasteiger partial charge in [-0.25, -0.2) is 0 Å². The summed E-state index contributed by atoms with van der Waals surface area (Å²) in [6.45, 7) is 2.13. The van der Waals surface area contributed by atoms with E-state index in [1.54, 1.807) is 0 Å². The third kappa shape index (κ3) is 3.47. The molecule has 2 nitrogen and oxygen atoms in total. The summed E-state index contributed by atoms with van der Waals surface area (Å²) in [5, 5.41) is 0. The van der Waals surface area contributed by atoms with Gasteiger partial charge in [-0.1, -0.05) is 73.0 Å². The van der Waals surface area contributed by atoms with Gasteiger partial charge in [0.2, 0.25) is 0 Å². The predicted octanol–water partition coefficient (Wildman–Crippen LogP) is 5.68. The van der Waals surface area contributed by atoms with Gasteiger partial charge in [0.05, 0.1) is 6.10 Å². The third-order valence-electron chi connectivity index (χ3n) is 7.42. The number of carbonyl (C=O) groups excluding carboxylic acids is 1. The van der Waals surface area contributed by atoms with E-state index in [4.69, 9.17) is 4.74 Å². The van der Waals surface area contributed by atoms with E-state index in [-0.39, 0.29) is 17.6 Å². The number of ether oxygens (including phenoxy) is 1. The van der Waals surface area contributed by atoms with Crippen molar-refractivity contribution in [1.82, 2.24) is 0 Å². The van der Waals surface area contributed by atoms with E-state index in [1.165, 1.54) is 29.5 Å². The molecule has 2 aromatic rings. The summed E-state index contributed by atoms with van der Waals surface area (Å²) in [5.41, 5.74) is 3.95. The van der Waals surface area contributed by atoms with Crippen LogP contribution >= 0.6 is 11.8 Å². The second kappa shape index (κ2) is 7.92. The van der Waals surface area contributed by atoms with Gasteiger partial charge >= 0.3 is 0 Å². The van der Waals surface area contributed by atoms with Gasteiger partial charge in [-0.05, 0) is 36.6 Å². The van der Waals surface area contributed by atoms with Gasteiger partial charge in [0.1, 0.15) is 6.10 Å². The molecular weight excluding hydrogens is 376 g/mol. The topological polar surface area (TPSA) is 26.3 Å². The average Bonchev–Trinajstić information content (AvgIpc) is 3.27. The number of ketones is 1. The first-order valence-corrected chi connectivity index (χ1v) is 12.2. The molecule has 3 unspecified atom stereocenters. The summed E-state index contributed by atoms with van der Waals surface area (Å²) >= 11 is 2.00. The molecule has 2 aromatic carbocycles. The van der Waals surface area contributed by atoms with Crippen molar-refractivity contribution in [3.63, 3.8) is 0 Å². The molecule has 5 atom stereocenters. The minimum absolute atomic E-state index is 0.0307. The van der Waals surface area contributed by atoms with Crippen molar-refractivity contribution in [3.8, 4) is 0 Å². The van der Waals surface area contributed by atoms with Crippen LogP contribution in [0.3, 0.4) is 0 Å². The van der Waals surface area contributed by atoms with E-state index in [0.29, 0.717) is 24.0 Å². The lowest BCUT2D eigenvalue weighted by Crippen LogP contribution is -2.39. The van der Waals surface area contributed by atoms with Gasteiger partial charge in [-0.15, -0.1) is 0 Å². The van der Waals surface area contributed by atoms with Crippen LogP contribution in [-0.4, -0.2) is 29.5 Å². The standard InChI is InChI=1S/C26H30O2S/c1-18-11-13-20(14-12-18)26-15-23(27)25(22(26)16-29-17-26)28-24-10-6-5-9-21(24)19-7-3-2-4-8-19/h2-4,7-8,11-14,21-22,24-25H,5-6,9-10,15-17H2,1H3/t21?,22?,24?,25-,26-/m1/s1. The molecule has 1 heterocycles. The molecule has 0 radical (unpaired) electrons. The fourth-order valence-corrected chi connectivity index (χ4v) is 7.53. The van der Waals surface area contributed by atoms with E-state index < -0.39 is 0 Å². The van der Waals surface area contributed by atoms with E-state index in [1.807, 2.05) is 11.8 Å². The lowest BCUT2D eigenvalue weighted by molar-refractivity contribution is -0.135. The summed E-state index contributed by atoms with van der Waals surface area (Å²) in [6.07, 6.45) is 5.27. The Hall–Kier alpha value is -1.58. The second-order valence-corrected chi connectivity index (χ2v) is 10.2. The summed E-state index contributed by atoms with van der Waals surface area (Å²) in [6, 6.07) is 19.7. The Morgan fingerprint density at radius 1 is 1.00 bits per heavy atom. The van der Waals surface area contributed by atoms with Crippen molar-refractivity contribution in [1.29, 1.82) is 0 Å². The highest BCUT2D eigenvalue weighted by atomic mass is 32.2. The van der Waals surface area contributed by atoms with Gasteiger partial charge in [0.25, 0.3) is 0 Å². The number of carbonyl (C=O) groups is 1. The number of aryl methyl sites for hydroxylation is 1. The Morgan fingerprint density at radius 3 is 2.55 bits per heavy atom. The van der Waals surface area contributed by atoms with Crippen LogP contribution in [0, 0.1) is 12.8 Å². The van der Waals surface area contributed by atoms with Crippen LogP contribution < -0.4 is 0 Å². The molecule has 0 N–H and O–H groups in total. The highest BCUT2D eigenvalue weighted by Crippen LogP contribution is 2.54. The van der Waals surface area contributed by atoms with Crippen molar-refractivity contribution in [2.75, 3.05) is 11.5 Å². The maximum absolute atomic E-state index is 13.2. The highest BCUT2D eigenvalue weighted by molar-refractivity contribution is 7.99. The first-order valence-electron chi connectivity index (χ1n) is 11.1. The molecule has 152 valence electrons. The SMILES string of the molecule is Cc1ccc([C@@]23CSCC2[C@@H](OC2CCCCC2c2ccccc2)C(=O)C3)cc1. The fraction of sp³-hybridized carbons (Fsp3) is 0.500. The Morgan fingerprint density at radius 2 is 1.76 bits per heavy atom. The molecule has 3 fully saturated rings. The Labute approximate surface area is 178 Å². The molecule has 0 spiro atoms. The third-order valence-corrected chi connectivity index (χ3v) is 8.73. The fourth-order valence-electron chi connectivity index (χ4n) is 5.82. The molecule has 0 amide bonds. The van der Waals surface area contributed by atoms with Crippen molar-refractivity contribution in [2.24, 2.45) is 5.92 Å². The zero-order valence-electron chi connectivity index (χ0n) is 17.2. The normalized spacial score (nSPS) is 34.3. The van der Waals surface area contributed by atoms with E-state index >= 15 is 0 Å². The first kappa shape index (κ1) is 19.4. The zero-order chi connectivity index (χ0) is 19.8. The van der Waals surface area contributed by atoms with E-state index in [2.05, 4.69) is 61.5 Å². The Kier molecular flexibility index (Phi) is 5.30. The van der Waals surface area contributed by atoms with Gasteiger partial charge in [-0.3, -0.25) is 4.79 Å². The smallest absolute Gasteiger partial charge is 0.162 e. The summed E-state index contributed by atoms with van der Waals surface area (Å²) in [7, 11) is 0. The molecule has 1 aliphatic heterocycles. The number of rotatable bonds is 4. The number of benzene rings is 2. The van der Waals surface area contributed by atoms with E-state index in [0.717, 1.165) is 24.3 Å². The lowest BCUT2D eigenvalue weighted by Gasteiger charge is -2.36. The average molecular weight is 407 g/mol. The Balaban J connectivity index is 1.41. The highest BCUT2D eigenvalue weighted by Gasteiger charge is 2.58. The first-order chi connectivity index (χ1) is 14.2. The Bertz CT molecular complexity index is 862. The van der Waals surface area contributed by atoms with E-state index in [9.17, 15) is 4.79 Å².